The Morgan fingerprint density at radius 2 is 2.13 bits per heavy atom. The Bertz CT molecular complexity index is 586. The molecule has 1 aromatic rings. The Balaban J connectivity index is 0.00000264. The van der Waals surface area contributed by atoms with Crippen LogP contribution in [0.25, 0.3) is 0 Å². The van der Waals surface area contributed by atoms with Gasteiger partial charge in [0.25, 0.3) is 0 Å². The van der Waals surface area contributed by atoms with Crippen molar-refractivity contribution in [3.05, 3.63) is 35.6 Å². The molecule has 1 heterocycles. The zero-order valence-corrected chi connectivity index (χ0v) is 16.6. The molecule has 1 aliphatic rings. The van der Waals surface area contributed by atoms with Gasteiger partial charge in [-0.15, -0.1) is 0 Å². The van der Waals surface area contributed by atoms with Gasteiger partial charge in [0, 0.05) is 32.2 Å². The maximum atomic E-state index is 13.5. The molecule has 2 amide bonds. The molecule has 1 N–H and O–H groups in total. The number of nitrogens with one attached hydrogen (secondary N) is 1. The van der Waals surface area contributed by atoms with E-state index in [4.69, 9.17) is 4.74 Å². The standard InChI is InChI=1S/C15H19FN2O4.K/c1-15(13(19)20)7-11(22-2)9-18(15)14(21)17-8-10-5-3-4-6-12(10)16;/h3-6,11H,7-9H2,1-2H3,(H,17,21)(H,19,20);/q;+1/p-1. The van der Waals surface area contributed by atoms with E-state index in [9.17, 15) is 19.1 Å². The number of amides is 2. The fourth-order valence-electron chi connectivity index (χ4n) is 2.59. The topological polar surface area (TPSA) is 81.7 Å². The second-order valence-corrected chi connectivity index (χ2v) is 5.48. The van der Waals surface area contributed by atoms with Crippen LogP contribution in [0, 0.1) is 5.82 Å². The third-order valence-electron chi connectivity index (χ3n) is 4.01. The molecule has 0 saturated carbocycles. The van der Waals surface area contributed by atoms with Crippen LogP contribution in [0.3, 0.4) is 0 Å². The van der Waals surface area contributed by atoms with Gasteiger partial charge < -0.3 is 24.9 Å². The summed E-state index contributed by atoms with van der Waals surface area (Å²) in [5.74, 6) is -1.77. The molecule has 2 unspecified atom stereocenters. The number of ether oxygens (including phenoxy) is 1. The molecule has 2 atom stereocenters. The number of rotatable bonds is 4. The Morgan fingerprint density at radius 3 is 2.70 bits per heavy atom. The Hall–Kier alpha value is -0.514. The monoisotopic (exact) mass is 348 g/mol. The molecule has 2 rings (SSSR count). The summed E-state index contributed by atoms with van der Waals surface area (Å²) in [6.07, 6.45) is -0.221. The summed E-state index contributed by atoms with van der Waals surface area (Å²) in [5, 5.41) is 13.9. The molecule has 0 spiro atoms. The van der Waals surface area contributed by atoms with Crippen LogP contribution in [-0.4, -0.2) is 42.2 Å². The van der Waals surface area contributed by atoms with Crippen LogP contribution in [0.5, 0.6) is 0 Å². The number of benzene rings is 1. The molecule has 0 aliphatic carbocycles. The van der Waals surface area contributed by atoms with Crippen LogP contribution in [0.4, 0.5) is 9.18 Å². The van der Waals surface area contributed by atoms with Crippen molar-refractivity contribution in [2.24, 2.45) is 0 Å². The number of nitrogens with zero attached hydrogens (tertiary/aromatic N) is 1. The van der Waals surface area contributed by atoms with Gasteiger partial charge in [0.2, 0.25) is 0 Å². The van der Waals surface area contributed by atoms with Crippen LogP contribution < -0.4 is 61.8 Å². The summed E-state index contributed by atoms with van der Waals surface area (Å²) in [4.78, 5) is 24.8. The van der Waals surface area contributed by atoms with Gasteiger partial charge in [-0.05, 0) is 13.0 Å². The van der Waals surface area contributed by atoms with Gasteiger partial charge >= 0.3 is 57.4 Å². The first kappa shape index (κ1) is 20.5. The first-order valence-corrected chi connectivity index (χ1v) is 6.91. The van der Waals surface area contributed by atoms with Gasteiger partial charge in [-0.3, -0.25) is 0 Å². The molecule has 23 heavy (non-hydrogen) atoms. The summed E-state index contributed by atoms with van der Waals surface area (Å²) in [7, 11) is 1.46. The quantitative estimate of drug-likeness (QED) is 0.599. The third-order valence-corrected chi connectivity index (χ3v) is 4.01. The minimum Gasteiger partial charge on any atom is -0.548 e. The van der Waals surface area contributed by atoms with E-state index in [-0.39, 0.29) is 77.0 Å². The fourth-order valence-corrected chi connectivity index (χ4v) is 2.59. The largest absolute Gasteiger partial charge is 1.00 e. The van der Waals surface area contributed by atoms with Gasteiger partial charge in [-0.2, -0.15) is 0 Å². The number of hydrogen-bond acceptors (Lipinski definition) is 4. The Morgan fingerprint density at radius 1 is 1.48 bits per heavy atom. The summed E-state index contributed by atoms with van der Waals surface area (Å²) >= 11 is 0. The molecule has 0 bridgehead atoms. The van der Waals surface area contributed by atoms with Crippen molar-refractivity contribution >= 4 is 12.0 Å². The SMILES string of the molecule is COC1CN(C(=O)NCc2ccccc2F)C(C)(C(=O)[O-])C1.[K+]. The second kappa shape index (κ2) is 8.54. The van der Waals surface area contributed by atoms with E-state index in [1.165, 1.54) is 20.1 Å². The number of urea groups is 1. The van der Waals surface area contributed by atoms with Crippen molar-refractivity contribution in [1.29, 1.82) is 0 Å². The van der Waals surface area contributed by atoms with Crippen LogP contribution in [0.2, 0.25) is 0 Å². The summed E-state index contributed by atoms with van der Waals surface area (Å²) in [5.41, 5.74) is -1.12. The molecular formula is C15H18FKN2O4. The minimum absolute atomic E-state index is 0. The number of carbonyl (C=O) groups excluding carboxylic acids is 2. The maximum absolute atomic E-state index is 13.5. The number of hydrogen-bond donors (Lipinski definition) is 1. The van der Waals surface area contributed by atoms with E-state index < -0.39 is 23.4 Å². The summed E-state index contributed by atoms with van der Waals surface area (Å²) in [6.45, 7) is 1.54. The normalized spacial score (nSPS) is 23.3. The second-order valence-electron chi connectivity index (χ2n) is 5.48. The van der Waals surface area contributed by atoms with Crippen molar-refractivity contribution < 1.29 is 75.2 Å². The smallest absolute Gasteiger partial charge is 0.548 e. The van der Waals surface area contributed by atoms with Gasteiger partial charge in [0.05, 0.1) is 17.6 Å². The van der Waals surface area contributed by atoms with E-state index in [2.05, 4.69) is 5.32 Å². The number of carboxylic acid groups (broad SMARTS) is 1. The number of aliphatic carboxylic acids is 1. The summed E-state index contributed by atoms with van der Waals surface area (Å²) < 4.78 is 18.7. The van der Waals surface area contributed by atoms with Crippen molar-refractivity contribution in [2.45, 2.75) is 31.5 Å². The molecule has 1 saturated heterocycles. The van der Waals surface area contributed by atoms with Crippen LogP contribution >= 0.6 is 0 Å². The van der Waals surface area contributed by atoms with E-state index in [0.717, 1.165) is 4.90 Å². The minimum atomic E-state index is -1.44. The average Bonchev–Trinajstić information content (AvgIpc) is 2.85. The molecule has 8 heteroatoms. The van der Waals surface area contributed by atoms with Crippen molar-refractivity contribution in [3.63, 3.8) is 0 Å². The Kier molecular flexibility index (Phi) is 7.63. The third kappa shape index (κ3) is 4.52. The Labute approximate surface area is 176 Å². The zero-order valence-electron chi connectivity index (χ0n) is 13.5. The first-order chi connectivity index (χ1) is 10.4. The molecule has 120 valence electrons. The number of likely N-dealkylation sites (tertiary alicyclic amines) is 1. The van der Waals surface area contributed by atoms with Gasteiger partial charge in [-0.25, -0.2) is 9.18 Å². The average molecular weight is 348 g/mol. The van der Waals surface area contributed by atoms with Crippen molar-refractivity contribution in [2.75, 3.05) is 13.7 Å². The molecule has 0 aromatic heterocycles. The number of halogens is 1. The van der Waals surface area contributed by atoms with E-state index >= 15 is 0 Å². The molecule has 6 nitrogen and oxygen atoms in total. The predicted molar refractivity (Wildman–Crippen MR) is 74.2 cm³/mol. The molecular weight excluding hydrogens is 330 g/mol. The molecule has 1 fully saturated rings. The molecule has 1 aliphatic heterocycles. The first-order valence-electron chi connectivity index (χ1n) is 6.91. The van der Waals surface area contributed by atoms with Crippen molar-refractivity contribution in [1.82, 2.24) is 10.2 Å². The number of carbonyl (C=O) groups is 2. The molecule has 0 radical (unpaired) electrons. The van der Waals surface area contributed by atoms with Gasteiger partial charge in [0.1, 0.15) is 5.82 Å². The van der Waals surface area contributed by atoms with Crippen LogP contribution in [0.15, 0.2) is 24.3 Å². The van der Waals surface area contributed by atoms with E-state index in [1.54, 1.807) is 18.2 Å². The maximum Gasteiger partial charge on any atom is 1.00 e. The number of carboxylic acids is 1. The van der Waals surface area contributed by atoms with E-state index in [1.807, 2.05) is 0 Å². The summed E-state index contributed by atoms with van der Waals surface area (Å²) in [6, 6.07) is 5.47. The van der Waals surface area contributed by atoms with Gasteiger partial charge in [0.15, 0.2) is 0 Å². The zero-order chi connectivity index (χ0) is 16.3. The van der Waals surface area contributed by atoms with Crippen molar-refractivity contribution in [3.8, 4) is 0 Å². The van der Waals surface area contributed by atoms with Crippen LogP contribution in [-0.2, 0) is 16.1 Å². The molecule has 1 aromatic carbocycles. The fraction of sp³-hybridized carbons (Fsp3) is 0.467. The van der Waals surface area contributed by atoms with Gasteiger partial charge in [-0.1, -0.05) is 18.2 Å². The van der Waals surface area contributed by atoms with E-state index in [0.29, 0.717) is 5.56 Å². The number of methoxy groups -OCH3 is 1. The van der Waals surface area contributed by atoms with Crippen LogP contribution in [0.1, 0.15) is 18.9 Å². The predicted octanol–water partition coefficient (Wildman–Crippen LogP) is -2.73.